The second kappa shape index (κ2) is 4.87. The zero-order valence-corrected chi connectivity index (χ0v) is 12.4. The molecule has 1 aromatic carbocycles. The van der Waals surface area contributed by atoms with E-state index < -0.39 is 10.0 Å². The van der Waals surface area contributed by atoms with Crippen LogP contribution in [0.3, 0.4) is 0 Å². The van der Waals surface area contributed by atoms with Gasteiger partial charge in [0.2, 0.25) is 10.0 Å². The first-order valence-electron chi connectivity index (χ1n) is 6.17. The largest absolute Gasteiger partial charge is 0.361 e. The summed E-state index contributed by atoms with van der Waals surface area (Å²) in [4.78, 5) is 0.216. The Labute approximate surface area is 122 Å². The summed E-state index contributed by atoms with van der Waals surface area (Å²) in [5, 5.41) is 4.15. The van der Waals surface area contributed by atoms with Gasteiger partial charge in [0.15, 0.2) is 0 Å². The van der Waals surface area contributed by atoms with Crippen molar-refractivity contribution in [2.45, 2.75) is 24.8 Å². The molecule has 0 fully saturated rings. The number of rotatable bonds is 2. The van der Waals surface area contributed by atoms with Crippen LogP contribution in [-0.4, -0.2) is 24.4 Å². The molecular formula is C13H13ClN2O3S. The molecule has 0 atom stereocenters. The summed E-state index contributed by atoms with van der Waals surface area (Å²) in [5.74, 6) is 0.762. The number of sulfonamides is 1. The molecule has 0 N–H and O–H groups in total. The van der Waals surface area contributed by atoms with Gasteiger partial charge in [0, 0.05) is 30.1 Å². The Balaban J connectivity index is 1.95. The van der Waals surface area contributed by atoms with Crippen LogP contribution in [0.4, 0.5) is 0 Å². The Hall–Kier alpha value is -1.37. The average molecular weight is 313 g/mol. The van der Waals surface area contributed by atoms with Crippen LogP contribution < -0.4 is 0 Å². The normalized spacial score (nSPS) is 16.1. The van der Waals surface area contributed by atoms with E-state index in [0.29, 0.717) is 18.0 Å². The highest BCUT2D eigenvalue weighted by Crippen LogP contribution is 2.27. The lowest BCUT2D eigenvalue weighted by Crippen LogP contribution is -2.35. The molecule has 20 heavy (non-hydrogen) atoms. The number of aromatic nitrogens is 1. The molecule has 7 heteroatoms. The number of aryl methyl sites for hydroxylation is 1. The maximum Gasteiger partial charge on any atom is 0.243 e. The van der Waals surface area contributed by atoms with Crippen molar-refractivity contribution in [3.63, 3.8) is 0 Å². The van der Waals surface area contributed by atoms with E-state index >= 15 is 0 Å². The van der Waals surface area contributed by atoms with Gasteiger partial charge < -0.3 is 4.52 Å². The molecule has 1 aliphatic heterocycles. The molecule has 106 valence electrons. The summed E-state index contributed by atoms with van der Waals surface area (Å²) in [7, 11) is -3.54. The molecule has 1 aromatic heterocycles. The first-order chi connectivity index (χ1) is 9.48. The number of halogens is 1. The van der Waals surface area contributed by atoms with Crippen molar-refractivity contribution in [3.05, 3.63) is 46.3 Å². The molecule has 0 unspecified atom stereocenters. The van der Waals surface area contributed by atoms with Gasteiger partial charge in [-0.25, -0.2) is 8.42 Å². The lowest BCUT2D eigenvalue weighted by molar-refractivity contribution is 0.331. The quantitative estimate of drug-likeness (QED) is 0.854. The fourth-order valence-corrected chi connectivity index (χ4v) is 3.89. The van der Waals surface area contributed by atoms with Crippen LogP contribution in [0.25, 0.3) is 0 Å². The Kier molecular flexibility index (Phi) is 3.32. The third-order valence-electron chi connectivity index (χ3n) is 3.45. The third-order valence-corrected chi connectivity index (χ3v) is 5.69. The fraction of sp³-hybridized carbons (Fsp3) is 0.308. The van der Waals surface area contributed by atoms with Crippen molar-refractivity contribution in [2.24, 2.45) is 0 Å². The van der Waals surface area contributed by atoms with Crippen molar-refractivity contribution in [1.82, 2.24) is 9.46 Å². The molecule has 1 aliphatic rings. The zero-order valence-electron chi connectivity index (χ0n) is 10.8. The molecule has 0 aliphatic carbocycles. The van der Waals surface area contributed by atoms with Gasteiger partial charge in [0.25, 0.3) is 0 Å². The molecule has 0 bridgehead atoms. The standard InChI is InChI=1S/C13H13ClN2O3S/c1-9-2-3-11(6-12(9)14)20(17,18)16-5-4-13-10(8-16)7-15-19-13/h2-3,6-7H,4-5,8H2,1H3. The van der Waals surface area contributed by atoms with Gasteiger partial charge in [-0.05, 0) is 24.6 Å². The number of fused-ring (bicyclic) bond motifs is 1. The Bertz CT molecular complexity index is 755. The van der Waals surface area contributed by atoms with Crippen molar-refractivity contribution < 1.29 is 12.9 Å². The fourth-order valence-electron chi connectivity index (χ4n) is 2.20. The third kappa shape index (κ3) is 2.24. The van der Waals surface area contributed by atoms with Crippen LogP contribution in [0.5, 0.6) is 0 Å². The first-order valence-corrected chi connectivity index (χ1v) is 7.99. The second-order valence-corrected chi connectivity index (χ2v) is 7.12. The van der Waals surface area contributed by atoms with Crippen molar-refractivity contribution >= 4 is 21.6 Å². The van der Waals surface area contributed by atoms with Crippen LogP contribution >= 0.6 is 11.6 Å². The minimum atomic E-state index is -3.54. The van der Waals surface area contributed by atoms with Crippen LogP contribution in [-0.2, 0) is 23.0 Å². The van der Waals surface area contributed by atoms with Crippen LogP contribution in [0, 0.1) is 6.92 Å². The van der Waals surface area contributed by atoms with Crippen LogP contribution in [0.2, 0.25) is 5.02 Å². The van der Waals surface area contributed by atoms with Crippen LogP contribution in [0.15, 0.2) is 33.8 Å². The minimum Gasteiger partial charge on any atom is -0.361 e. The van der Waals surface area contributed by atoms with Gasteiger partial charge in [-0.15, -0.1) is 0 Å². The topological polar surface area (TPSA) is 63.4 Å². The number of benzene rings is 1. The Morgan fingerprint density at radius 1 is 1.40 bits per heavy atom. The molecule has 0 amide bonds. The zero-order chi connectivity index (χ0) is 14.3. The molecule has 0 saturated heterocycles. The average Bonchev–Trinajstić information content (AvgIpc) is 2.89. The number of nitrogens with zero attached hydrogens (tertiary/aromatic N) is 2. The SMILES string of the molecule is Cc1ccc(S(=O)(=O)N2CCc3oncc3C2)cc1Cl. The molecule has 5 nitrogen and oxygen atoms in total. The summed E-state index contributed by atoms with van der Waals surface area (Å²) in [5.41, 5.74) is 1.67. The van der Waals surface area contributed by atoms with E-state index in [-0.39, 0.29) is 11.4 Å². The molecule has 0 saturated carbocycles. The van der Waals surface area contributed by atoms with E-state index in [4.69, 9.17) is 16.1 Å². The molecule has 2 heterocycles. The van der Waals surface area contributed by atoms with Crippen molar-refractivity contribution in [3.8, 4) is 0 Å². The summed E-state index contributed by atoms with van der Waals surface area (Å²) in [6.45, 7) is 2.51. The van der Waals surface area contributed by atoms with Gasteiger partial charge in [0.1, 0.15) is 5.76 Å². The summed E-state index contributed by atoms with van der Waals surface area (Å²) >= 11 is 6.01. The van der Waals surface area contributed by atoms with E-state index in [2.05, 4.69) is 5.16 Å². The minimum absolute atomic E-state index is 0.216. The lowest BCUT2D eigenvalue weighted by atomic mass is 10.1. The van der Waals surface area contributed by atoms with E-state index in [1.54, 1.807) is 18.3 Å². The van der Waals surface area contributed by atoms with Gasteiger partial charge in [0.05, 0.1) is 11.1 Å². The highest BCUT2D eigenvalue weighted by Gasteiger charge is 2.30. The maximum absolute atomic E-state index is 12.6. The van der Waals surface area contributed by atoms with E-state index in [0.717, 1.165) is 16.9 Å². The monoisotopic (exact) mass is 312 g/mol. The van der Waals surface area contributed by atoms with Crippen LogP contribution in [0.1, 0.15) is 16.9 Å². The predicted molar refractivity (Wildman–Crippen MR) is 74.0 cm³/mol. The predicted octanol–water partition coefficient (Wildman–Crippen LogP) is 2.38. The molecule has 0 spiro atoms. The smallest absolute Gasteiger partial charge is 0.243 e. The number of hydrogen-bond acceptors (Lipinski definition) is 4. The molecule has 3 rings (SSSR count). The van der Waals surface area contributed by atoms with Gasteiger partial charge in [-0.2, -0.15) is 4.31 Å². The lowest BCUT2D eigenvalue weighted by Gasteiger charge is -2.25. The number of hydrogen-bond donors (Lipinski definition) is 0. The summed E-state index contributed by atoms with van der Waals surface area (Å²) in [6, 6.07) is 4.79. The maximum atomic E-state index is 12.6. The highest BCUT2D eigenvalue weighted by atomic mass is 35.5. The molecule has 0 radical (unpaired) electrons. The highest BCUT2D eigenvalue weighted by molar-refractivity contribution is 7.89. The second-order valence-electron chi connectivity index (χ2n) is 4.77. The van der Waals surface area contributed by atoms with Gasteiger partial charge in [-0.3, -0.25) is 0 Å². The van der Waals surface area contributed by atoms with E-state index in [1.807, 2.05) is 6.92 Å². The van der Waals surface area contributed by atoms with Gasteiger partial charge in [-0.1, -0.05) is 22.8 Å². The Morgan fingerprint density at radius 3 is 2.95 bits per heavy atom. The van der Waals surface area contributed by atoms with Crippen molar-refractivity contribution in [2.75, 3.05) is 6.54 Å². The summed E-state index contributed by atoms with van der Waals surface area (Å²) < 4.78 is 31.7. The van der Waals surface area contributed by atoms with Crippen molar-refractivity contribution in [1.29, 1.82) is 0 Å². The molecular weight excluding hydrogens is 300 g/mol. The van der Waals surface area contributed by atoms with Gasteiger partial charge >= 0.3 is 0 Å². The van der Waals surface area contributed by atoms with E-state index in [1.165, 1.54) is 10.4 Å². The summed E-state index contributed by atoms with van der Waals surface area (Å²) in [6.07, 6.45) is 2.10. The molecule has 2 aromatic rings. The van der Waals surface area contributed by atoms with E-state index in [9.17, 15) is 8.42 Å². The first kappa shape index (κ1) is 13.6. The Morgan fingerprint density at radius 2 is 2.20 bits per heavy atom.